The molecule has 1 heterocycles. The van der Waals surface area contributed by atoms with Crippen molar-refractivity contribution in [1.29, 1.82) is 0 Å². The summed E-state index contributed by atoms with van der Waals surface area (Å²) in [4.78, 5) is 24.5. The highest BCUT2D eigenvalue weighted by atomic mass is 16.7. The Bertz CT molecular complexity index is 1070. The van der Waals surface area contributed by atoms with Crippen LogP contribution in [0.5, 0.6) is 17.2 Å². The summed E-state index contributed by atoms with van der Waals surface area (Å²) >= 11 is 0. The first kappa shape index (κ1) is 22.5. The Morgan fingerprint density at radius 3 is 2.91 bits per heavy atom. The number of fused-ring (bicyclic) bond motifs is 1. The van der Waals surface area contributed by atoms with Gasteiger partial charge in [0.1, 0.15) is 5.75 Å². The minimum absolute atomic E-state index is 0.0802. The molecule has 0 bridgehead atoms. The van der Waals surface area contributed by atoms with E-state index < -0.39 is 5.97 Å². The van der Waals surface area contributed by atoms with E-state index in [1.807, 2.05) is 30.3 Å². The Morgan fingerprint density at radius 1 is 1.15 bits per heavy atom. The van der Waals surface area contributed by atoms with Crippen LogP contribution in [0.1, 0.15) is 37.7 Å². The van der Waals surface area contributed by atoms with Gasteiger partial charge in [0.2, 0.25) is 6.79 Å². The third-order valence-corrected chi connectivity index (χ3v) is 5.63. The molecule has 2 aromatic carbocycles. The summed E-state index contributed by atoms with van der Waals surface area (Å²) in [6.07, 6.45) is 8.75. The van der Waals surface area contributed by atoms with Gasteiger partial charge >= 0.3 is 5.97 Å². The van der Waals surface area contributed by atoms with Gasteiger partial charge in [-0.3, -0.25) is 4.79 Å². The van der Waals surface area contributed by atoms with Crippen molar-refractivity contribution in [1.82, 2.24) is 0 Å². The van der Waals surface area contributed by atoms with Crippen molar-refractivity contribution in [3.05, 3.63) is 65.8 Å². The highest BCUT2D eigenvalue weighted by molar-refractivity contribution is 6.03. The van der Waals surface area contributed by atoms with Gasteiger partial charge in [0, 0.05) is 11.6 Å². The number of esters is 1. The number of phenolic OH excluding ortho intramolecular Hbond substituents is 1. The highest BCUT2D eigenvalue weighted by Crippen LogP contribution is 2.36. The van der Waals surface area contributed by atoms with Crippen molar-refractivity contribution in [3.8, 4) is 17.2 Å². The minimum atomic E-state index is -0.408. The third-order valence-electron chi connectivity index (χ3n) is 5.63. The van der Waals surface area contributed by atoms with Crippen molar-refractivity contribution in [2.45, 2.75) is 38.1 Å². The summed E-state index contributed by atoms with van der Waals surface area (Å²) in [5.41, 5.74) is 2.17. The number of anilines is 1. The molecule has 0 saturated heterocycles. The molecule has 0 aromatic heterocycles. The van der Waals surface area contributed by atoms with Crippen LogP contribution in [-0.4, -0.2) is 36.3 Å². The van der Waals surface area contributed by atoms with Crippen LogP contribution in [0.3, 0.4) is 0 Å². The van der Waals surface area contributed by atoms with Crippen LogP contribution in [0.4, 0.5) is 5.69 Å². The van der Waals surface area contributed by atoms with Gasteiger partial charge in [0.25, 0.3) is 0 Å². The molecule has 2 aromatic rings. The number of para-hydroxylation sites is 3. The number of hydrogen-bond acceptors (Lipinski definition) is 7. The fraction of sp³-hybridized carbons (Fsp3) is 0.308. The number of carbonyl (C=O) groups is 2. The van der Waals surface area contributed by atoms with Crippen LogP contribution in [-0.2, 0) is 14.3 Å². The maximum Gasteiger partial charge on any atom is 0.330 e. The van der Waals surface area contributed by atoms with Crippen LogP contribution in [0, 0.1) is 0 Å². The number of phenols is 1. The molecular formula is C26H27NO6. The third kappa shape index (κ3) is 5.74. The van der Waals surface area contributed by atoms with Crippen LogP contribution < -0.4 is 14.8 Å². The molecule has 4 rings (SSSR count). The predicted octanol–water partition coefficient (Wildman–Crippen LogP) is 4.62. The largest absolute Gasteiger partial charge is 0.506 e. The summed E-state index contributed by atoms with van der Waals surface area (Å²) in [6.45, 7) is 0.504. The van der Waals surface area contributed by atoms with Gasteiger partial charge in [0.05, 0.1) is 18.3 Å². The number of nitrogens with one attached hydrogen (secondary N) is 1. The van der Waals surface area contributed by atoms with Crippen molar-refractivity contribution >= 4 is 23.5 Å². The number of ether oxygens (including phenoxy) is 3. The summed E-state index contributed by atoms with van der Waals surface area (Å²) in [6, 6.07) is 12.1. The van der Waals surface area contributed by atoms with E-state index in [9.17, 15) is 14.7 Å². The number of rotatable bonds is 9. The number of benzene rings is 2. The first-order valence-electron chi connectivity index (χ1n) is 11.1. The zero-order valence-electron chi connectivity index (χ0n) is 18.3. The maximum absolute atomic E-state index is 12.6. The molecule has 0 spiro atoms. The molecule has 0 amide bonds. The Morgan fingerprint density at radius 2 is 2.03 bits per heavy atom. The lowest BCUT2D eigenvalue weighted by molar-refractivity contribution is -0.137. The first-order chi connectivity index (χ1) is 16.1. The van der Waals surface area contributed by atoms with E-state index in [2.05, 4.69) is 5.32 Å². The molecule has 33 heavy (non-hydrogen) atoms. The van der Waals surface area contributed by atoms with E-state index in [1.54, 1.807) is 24.3 Å². The van der Waals surface area contributed by atoms with Crippen molar-refractivity contribution in [2.75, 3.05) is 18.7 Å². The van der Waals surface area contributed by atoms with Crippen LogP contribution in [0.2, 0.25) is 0 Å². The number of carbonyl (C=O) groups excluding carboxylic acids is 2. The molecule has 0 radical (unpaired) electrons. The number of ketones is 1. The molecule has 1 aliphatic carbocycles. The molecule has 7 heteroatoms. The Balaban J connectivity index is 1.15. The van der Waals surface area contributed by atoms with E-state index in [1.165, 1.54) is 6.08 Å². The molecule has 1 fully saturated rings. The number of aromatic hydroxyl groups is 1. The average molecular weight is 450 g/mol. The van der Waals surface area contributed by atoms with Crippen LogP contribution in [0.25, 0.3) is 6.08 Å². The lowest BCUT2D eigenvalue weighted by Gasteiger charge is -2.13. The molecule has 2 N–H and O–H groups in total. The Hall–Kier alpha value is -3.74. The number of unbranched alkanes of at least 4 members (excludes halogenated alkanes) is 2. The molecular weight excluding hydrogens is 422 g/mol. The second kappa shape index (κ2) is 10.7. The summed E-state index contributed by atoms with van der Waals surface area (Å²) in [5, 5.41) is 13.0. The zero-order valence-corrected chi connectivity index (χ0v) is 18.3. The molecule has 7 nitrogen and oxygen atoms in total. The topological polar surface area (TPSA) is 94.1 Å². The molecule has 1 unspecified atom stereocenters. The van der Waals surface area contributed by atoms with Gasteiger partial charge in [-0.05, 0) is 62.0 Å². The Labute approximate surface area is 192 Å². The standard InChI is InChI=1S/C26H27NO6/c28-22-10-4-3-9-20(22)27-21-14-12-18(25(21)30)7-2-1-5-16-31-24(29)15-13-19-8-6-11-23-26(19)33-17-32-23/h3-4,6-11,13,15,21,27-28H,1-2,5,12,14,16-17H2/b15-13+,18-7+. The lowest BCUT2D eigenvalue weighted by Crippen LogP contribution is -2.24. The molecule has 172 valence electrons. The van der Waals surface area contributed by atoms with Crippen LogP contribution in [0.15, 0.2) is 60.2 Å². The fourth-order valence-corrected chi connectivity index (χ4v) is 3.89. The summed E-state index contributed by atoms with van der Waals surface area (Å²) in [5.74, 6) is 1.11. The SMILES string of the molecule is O=C(/C=C/c1cccc2c1OCO2)OCCCC/C=C1\CCC(Nc2ccccc2O)C1=O. The number of allylic oxidation sites excluding steroid dienone is 1. The van der Waals surface area contributed by atoms with E-state index in [0.29, 0.717) is 30.2 Å². The normalized spacial score (nSPS) is 18.2. The lowest BCUT2D eigenvalue weighted by atomic mass is 10.1. The van der Waals surface area contributed by atoms with E-state index in [4.69, 9.17) is 14.2 Å². The van der Waals surface area contributed by atoms with Gasteiger partial charge in [-0.1, -0.05) is 30.3 Å². The second-order valence-corrected chi connectivity index (χ2v) is 7.92. The van der Waals surface area contributed by atoms with E-state index in [-0.39, 0.29) is 24.4 Å². The number of hydrogen-bond donors (Lipinski definition) is 2. The smallest absolute Gasteiger partial charge is 0.330 e. The van der Waals surface area contributed by atoms with Crippen molar-refractivity contribution in [3.63, 3.8) is 0 Å². The molecule has 2 aliphatic rings. The average Bonchev–Trinajstić information content (AvgIpc) is 3.44. The highest BCUT2D eigenvalue weighted by Gasteiger charge is 2.29. The van der Waals surface area contributed by atoms with Gasteiger partial charge in [-0.25, -0.2) is 4.79 Å². The second-order valence-electron chi connectivity index (χ2n) is 7.92. The molecule has 1 saturated carbocycles. The monoisotopic (exact) mass is 449 g/mol. The maximum atomic E-state index is 12.6. The van der Waals surface area contributed by atoms with Crippen molar-refractivity contribution < 1.29 is 28.9 Å². The van der Waals surface area contributed by atoms with E-state index >= 15 is 0 Å². The quantitative estimate of drug-likeness (QED) is 0.250. The van der Waals surface area contributed by atoms with Gasteiger partial charge < -0.3 is 24.6 Å². The Kier molecular flexibility index (Phi) is 7.29. The van der Waals surface area contributed by atoms with E-state index in [0.717, 1.165) is 36.8 Å². The predicted molar refractivity (Wildman–Crippen MR) is 124 cm³/mol. The van der Waals surface area contributed by atoms with Gasteiger partial charge in [-0.15, -0.1) is 0 Å². The zero-order chi connectivity index (χ0) is 23.0. The van der Waals surface area contributed by atoms with Gasteiger partial charge in [0.15, 0.2) is 17.3 Å². The fourth-order valence-electron chi connectivity index (χ4n) is 3.89. The summed E-state index contributed by atoms with van der Waals surface area (Å²) in [7, 11) is 0. The minimum Gasteiger partial charge on any atom is -0.506 e. The van der Waals surface area contributed by atoms with Gasteiger partial charge in [-0.2, -0.15) is 0 Å². The van der Waals surface area contributed by atoms with Crippen molar-refractivity contribution in [2.24, 2.45) is 0 Å². The first-order valence-corrected chi connectivity index (χ1v) is 11.1. The molecule has 1 atom stereocenters. The molecule has 1 aliphatic heterocycles. The number of Topliss-reactive ketones (excluding diaryl/α,β-unsaturated/α-hetero) is 1. The summed E-state index contributed by atoms with van der Waals surface area (Å²) < 4.78 is 16.0. The van der Waals surface area contributed by atoms with Crippen LogP contribution >= 0.6 is 0 Å².